The van der Waals surface area contributed by atoms with Crippen molar-refractivity contribution in [2.75, 3.05) is 19.6 Å². The molecule has 0 radical (unpaired) electrons. The molecule has 1 aromatic heterocycles. The molecule has 3 aliphatic rings. The normalized spacial score (nSPS) is 28.0. The lowest BCUT2D eigenvalue weighted by atomic mass is 9.91. The van der Waals surface area contributed by atoms with E-state index in [0.717, 1.165) is 45.3 Å². The summed E-state index contributed by atoms with van der Waals surface area (Å²) in [7, 11) is 0. The van der Waals surface area contributed by atoms with Crippen molar-refractivity contribution in [1.29, 1.82) is 0 Å². The Morgan fingerprint density at radius 3 is 2.71 bits per heavy atom. The van der Waals surface area contributed by atoms with E-state index in [2.05, 4.69) is 16.4 Å². The fourth-order valence-electron chi connectivity index (χ4n) is 4.60. The Bertz CT molecular complexity index is 735. The highest BCUT2D eigenvalue weighted by Gasteiger charge is 2.55. The minimum Gasteiger partial charge on any atom is -0.444 e. The number of carbonyl (C=O) groups excluding carboxylic acids is 2. The molecule has 4 rings (SSSR count). The number of amides is 2. The Hall–Kier alpha value is -2.11. The van der Waals surface area contributed by atoms with E-state index in [4.69, 9.17) is 4.74 Å². The summed E-state index contributed by atoms with van der Waals surface area (Å²) >= 11 is 0. The van der Waals surface area contributed by atoms with Gasteiger partial charge >= 0.3 is 6.09 Å². The first-order valence-corrected chi connectivity index (χ1v) is 10.4. The highest BCUT2D eigenvalue weighted by atomic mass is 16.6. The predicted molar refractivity (Wildman–Crippen MR) is 106 cm³/mol. The number of likely N-dealkylation sites (tertiary alicyclic amines) is 1. The van der Waals surface area contributed by atoms with Crippen molar-refractivity contribution >= 4 is 12.0 Å². The van der Waals surface area contributed by atoms with Crippen LogP contribution < -0.4 is 5.32 Å². The van der Waals surface area contributed by atoms with Crippen LogP contribution in [0.1, 0.15) is 57.9 Å². The van der Waals surface area contributed by atoms with Gasteiger partial charge in [0.15, 0.2) is 0 Å². The average Bonchev–Trinajstić information content (AvgIpc) is 3.56. The van der Waals surface area contributed by atoms with Crippen molar-refractivity contribution in [2.45, 2.75) is 58.0 Å². The van der Waals surface area contributed by atoms with Crippen molar-refractivity contribution < 1.29 is 14.3 Å². The molecule has 152 valence electrons. The maximum absolute atomic E-state index is 12.5. The standard InChI is InChI=1S/C22H31N3O3/c1-21(2,3)28-20(27)25-9-6-22(7-10-25)12-16(22)14-24-19(26)18-11-17(18)15-5-4-8-23-13-15/h4-5,8,13,16-18H,6-7,9-12,14H2,1-3H3,(H,24,26). The quantitative estimate of drug-likeness (QED) is 0.863. The van der Waals surface area contributed by atoms with Gasteiger partial charge in [0.05, 0.1) is 0 Å². The van der Waals surface area contributed by atoms with Crippen LogP contribution in [0.4, 0.5) is 4.79 Å². The minimum atomic E-state index is -0.449. The van der Waals surface area contributed by atoms with Crippen molar-refractivity contribution in [3.05, 3.63) is 30.1 Å². The summed E-state index contributed by atoms with van der Waals surface area (Å²) in [6.45, 7) is 7.97. The second-order valence-electron chi connectivity index (χ2n) is 9.71. The Labute approximate surface area is 167 Å². The third kappa shape index (κ3) is 4.15. The number of piperidine rings is 1. The largest absolute Gasteiger partial charge is 0.444 e. The van der Waals surface area contributed by atoms with Gasteiger partial charge in [0.2, 0.25) is 5.91 Å². The van der Waals surface area contributed by atoms with E-state index in [-0.39, 0.29) is 17.9 Å². The first-order valence-electron chi connectivity index (χ1n) is 10.4. The van der Waals surface area contributed by atoms with Crippen LogP contribution in [0.5, 0.6) is 0 Å². The summed E-state index contributed by atoms with van der Waals surface area (Å²) in [6.07, 6.45) is 7.53. The molecule has 1 aliphatic heterocycles. The molecule has 3 fully saturated rings. The Morgan fingerprint density at radius 1 is 1.32 bits per heavy atom. The summed E-state index contributed by atoms with van der Waals surface area (Å²) in [5.74, 6) is 1.17. The van der Waals surface area contributed by atoms with E-state index >= 15 is 0 Å². The van der Waals surface area contributed by atoms with Crippen molar-refractivity contribution in [1.82, 2.24) is 15.2 Å². The number of nitrogens with zero attached hydrogens (tertiary/aromatic N) is 2. The van der Waals surface area contributed by atoms with Crippen LogP contribution >= 0.6 is 0 Å². The van der Waals surface area contributed by atoms with Crippen LogP contribution in [0.2, 0.25) is 0 Å². The number of ether oxygens (including phenoxy) is 1. The lowest BCUT2D eigenvalue weighted by Gasteiger charge is -2.34. The summed E-state index contributed by atoms with van der Waals surface area (Å²) in [5.41, 5.74) is 1.03. The number of pyridine rings is 1. The van der Waals surface area contributed by atoms with Crippen molar-refractivity contribution in [3.8, 4) is 0 Å². The molecule has 3 unspecified atom stereocenters. The third-order valence-electron chi connectivity index (χ3n) is 6.53. The Morgan fingerprint density at radius 2 is 2.07 bits per heavy atom. The lowest BCUT2D eigenvalue weighted by molar-refractivity contribution is -0.122. The lowest BCUT2D eigenvalue weighted by Crippen LogP contribution is -2.43. The van der Waals surface area contributed by atoms with Gasteiger partial charge in [-0.1, -0.05) is 6.07 Å². The van der Waals surface area contributed by atoms with Gasteiger partial charge < -0.3 is 15.0 Å². The van der Waals surface area contributed by atoms with E-state index in [1.165, 1.54) is 5.56 Å². The Kier molecular flexibility index (Phi) is 4.84. The topological polar surface area (TPSA) is 71.5 Å². The zero-order chi connectivity index (χ0) is 19.9. The van der Waals surface area contributed by atoms with Crippen LogP contribution in [-0.2, 0) is 9.53 Å². The molecular weight excluding hydrogens is 354 g/mol. The number of rotatable bonds is 4. The number of nitrogens with one attached hydrogen (secondary N) is 1. The molecular formula is C22H31N3O3. The molecule has 1 N–H and O–H groups in total. The number of hydrogen-bond donors (Lipinski definition) is 1. The first kappa shape index (κ1) is 19.2. The molecule has 6 nitrogen and oxygen atoms in total. The predicted octanol–water partition coefficient (Wildman–Crippen LogP) is 3.34. The van der Waals surface area contributed by atoms with Gasteiger partial charge in [-0.05, 0) is 75.3 Å². The molecule has 1 aromatic rings. The van der Waals surface area contributed by atoms with Gasteiger partial charge in [-0.3, -0.25) is 9.78 Å². The highest BCUT2D eigenvalue weighted by molar-refractivity contribution is 5.82. The molecule has 1 saturated heterocycles. The molecule has 6 heteroatoms. The zero-order valence-electron chi connectivity index (χ0n) is 17.1. The van der Waals surface area contributed by atoms with Gasteiger partial charge in [-0.25, -0.2) is 4.79 Å². The molecule has 28 heavy (non-hydrogen) atoms. The fourth-order valence-corrected chi connectivity index (χ4v) is 4.60. The van der Waals surface area contributed by atoms with Crippen LogP contribution in [-0.4, -0.2) is 47.1 Å². The highest BCUT2D eigenvalue weighted by Crippen LogP contribution is 2.59. The van der Waals surface area contributed by atoms with Gasteiger partial charge in [0, 0.05) is 37.9 Å². The van der Waals surface area contributed by atoms with Crippen LogP contribution in [0.25, 0.3) is 0 Å². The maximum Gasteiger partial charge on any atom is 0.410 e. The zero-order valence-corrected chi connectivity index (χ0v) is 17.1. The van der Waals surface area contributed by atoms with Gasteiger partial charge in [0.1, 0.15) is 5.60 Å². The molecule has 1 spiro atoms. The third-order valence-corrected chi connectivity index (χ3v) is 6.53. The van der Waals surface area contributed by atoms with Gasteiger partial charge in [-0.15, -0.1) is 0 Å². The molecule has 0 aromatic carbocycles. The monoisotopic (exact) mass is 385 g/mol. The summed E-state index contributed by atoms with van der Waals surface area (Å²) < 4.78 is 5.48. The van der Waals surface area contributed by atoms with Gasteiger partial charge in [0.25, 0.3) is 0 Å². The molecule has 3 atom stereocenters. The van der Waals surface area contributed by atoms with Crippen LogP contribution in [0.15, 0.2) is 24.5 Å². The molecule has 2 amide bonds. The Balaban J connectivity index is 1.19. The molecule has 2 aliphatic carbocycles. The summed E-state index contributed by atoms with van der Waals surface area (Å²) in [5, 5.41) is 3.18. The second kappa shape index (κ2) is 7.05. The van der Waals surface area contributed by atoms with E-state index in [1.807, 2.05) is 37.9 Å². The second-order valence-corrected chi connectivity index (χ2v) is 9.71. The fraction of sp³-hybridized carbons (Fsp3) is 0.682. The van der Waals surface area contributed by atoms with Gasteiger partial charge in [-0.2, -0.15) is 0 Å². The first-order chi connectivity index (χ1) is 13.3. The van der Waals surface area contributed by atoms with E-state index in [9.17, 15) is 9.59 Å². The smallest absolute Gasteiger partial charge is 0.410 e. The average molecular weight is 386 g/mol. The number of carbonyl (C=O) groups is 2. The molecule has 2 saturated carbocycles. The van der Waals surface area contributed by atoms with E-state index in [1.54, 1.807) is 6.20 Å². The number of aromatic nitrogens is 1. The van der Waals surface area contributed by atoms with Crippen LogP contribution in [0.3, 0.4) is 0 Å². The van der Waals surface area contributed by atoms with E-state index < -0.39 is 5.60 Å². The summed E-state index contributed by atoms with van der Waals surface area (Å²) in [4.78, 5) is 30.7. The van der Waals surface area contributed by atoms with Crippen molar-refractivity contribution in [2.24, 2.45) is 17.3 Å². The van der Waals surface area contributed by atoms with E-state index in [0.29, 0.717) is 17.3 Å². The van der Waals surface area contributed by atoms with Crippen LogP contribution in [0, 0.1) is 17.3 Å². The minimum absolute atomic E-state index is 0.105. The SMILES string of the molecule is CC(C)(C)OC(=O)N1CCC2(CC1)CC2CNC(=O)C1CC1c1cccnc1. The maximum atomic E-state index is 12.5. The summed E-state index contributed by atoms with van der Waals surface area (Å²) in [6, 6.07) is 3.99. The number of hydrogen-bond acceptors (Lipinski definition) is 4. The van der Waals surface area contributed by atoms with Crippen molar-refractivity contribution in [3.63, 3.8) is 0 Å². The molecule has 0 bridgehead atoms. The molecule has 2 heterocycles.